The number of benzene rings is 1. The fraction of sp³-hybridized carbons (Fsp3) is 0.758. The van der Waals surface area contributed by atoms with E-state index in [2.05, 4.69) is 15.3 Å². The molecule has 7 unspecified atom stereocenters. The molecule has 12 N–H and O–H groups in total. The number of nitrogens with zero attached hydrogens (tertiary/aromatic N) is 3. The summed E-state index contributed by atoms with van der Waals surface area (Å²) in [6, 6.07) is 6.16. The maximum absolute atomic E-state index is 12.7. The van der Waals surface area contributed by atoms with E-state index < -0.39 is 129 Å². The molecule has 23 heteroatoms. The molecule has 1 amide bonds. The van der Waals surface area contributed by atoms with Gasteiger partial charge in [-0.2, -0.15) is 0 Å². The number of aliphatic carboxylic acids is 1. The largest absolute Gasteiger partial charge is 0.477 e. The van der Waals surface area contributed by atoms with Gasteiger partial charge in [0.05, 0.1) is 38.6 Å². The molecule has 16 atom stereocenters. The lowest BCUT2D eigenvalue weighted by Gasteiger charge is -2.50. The highest BCUT2D eigenvalue weighted by atomic mass is 16.8. The van der Waals surface area contributed by atoms with E-state index in [4.69, 9.17) is 44.4 Å². The third-order valence-corrected chi connectivity index (χ3v) is 9.50. The monoisotopic (exact) mass is 805 g/mol. The van der Waals surface area contributed by atoms with Crippen molar-refractivity contribution in [1.29, 1.82) is 0 Å². The number of amides is 1. The van der Waals surface area contributed by atoms with Crippen molar-refractivity contribution in [3.05, 3.63) is 46.3 Å². The van der Waals surface area contributed by atoms with Gasteiger partial charge in [-0.15, -0.1) is 0 Å². The molecule has 0 bridgehead atoms. The number of nitrogens with two attached hydrogens (primary N) is 1. The zero-order chi connectivity index (χ0) is 41.2. The van der Waals surface area contributed by atoms with E-state index in [0.717, 1.165) is 5.56 Å². The van der Waals surface area contributed by atoms with Gasteiger partial charge in [0.1, 0.15) is 67.1 Å². The topological polar surface area (TPSA) is 368 Å². The molecular formula is C33H51N5O18. The Bertz CT molecular complexity index is 1450. The Labute approximate surface area is 320 Å². The number of ether oxygens (including phenoxy) is 7. The molecule has 3 heterocycles. The molecule has 1 aromatic rings. The Balaban J connectivity index is 1.63. The van der Waals surface area contributed by atoms with E-state index in [0.29, 0.717) is 0 Å². The first-order valence-electron chi connectivity index (χ1n) is 17.8. The lowest BCUT2D eigenvalue weighted by atomic mass is 9.88. The Morgan fingerprint density at radius 1 is 1.05 bits per heavy atom. The minimum Gasteiger partial charge on any atom is -0.477 e. The molecule has 3 aliphatic rings. The van der Waals surface area contributed by atoms with Crippen LogP contribution in [0.25, 0.3) is 10.4 Å². The van der Waals surface area contributed by atoms with Gasteiger partial charge in [0.2, 0.25) is 5.91 Å². The molecule has 0 aliphatic carbocycles. The molecule has 1 aromatic carbocycles. The van der Waals surface area contributed by atoms with Crippen molar-refractivity contribution in [2.45, 2.75) is 124 Å². The van der Waals surface area contributed by atoms with Gasteiger partial charge in [0, 0.05) is 31.4 Å². The lowest BCUT2D eigenvalue weighted by Crippen LogP contribution is -2.70. The molecule has 0 radical (unpaired) electrons. The molecule has 3 saturated heterocycles. The fourth-order valence-corrected chi connectivity index (χ4v) is 6.54. The van der Waals surface area contributed by atoms with Gasteiger partial charge < -0.3 is 90.2 Å². The SMILES string of the molecule is CC(=O)NC1C(O)[C@H](O[C@@H]2OC(CO)[C@H](O)C(O[C@]3(C(=O)O)C[C@@H](O)[C@@H](N)C([C@H](O)[C@H](O)CO)O3)C2O)C(COCc2ccccc2)O[C@H]1OCCCN=[N+]=[N-]. The first-order chi connectivity index (χ1) is 26.7. The third kappa shape index (κ3) is 11.1. The second kappa shape index (κ2) is 21.0. The standard InChI is InChI=1S/C33H51N5O18/c1-15(41)37-22-25(46)27(20(14-50-13-16-6-3-2-4-7-16)53-30(22)51-9-5-8-36-38-35)54-31-26(47)29(24(45)19(12-40)52-31)56-33(32(48)49)10-17(42)21(34)28(55-33)23(44)18(43)11-39/h2-4,6-7,17-31,39-40,42-47H,5,8-14,34H2,1H3,(H,37,41)(H,48,49)/t17-,18-,19?,20?,21-,22?,23-,24+,25?,26?,27-,28?,29?,30-,31+,33+/m1/s1. The summed E-state index contributed by atoms with van der Waals surface area (Å²) < 4.78 is 40.8. The third-order valence-electron chi connectivity index (χ3n) is 9.50. The molecule has 0 saturated carbocycles. The number of aliphatic hydroxyl groups is 8. The van der Waals surface area contributed by atoms with E-state index in [1.807, 2.05) is 6.07 Å². The number of hydrogen-bond donors (Lipinski definition) is 11. The number of hydrogen-bond acceptors (Lipinski definition) is 19. The van der Waals surface area contributed by atoms with Gasteiger partial charge in [-0.3, -0.25) is 4.79 Å². The van der Waals surface area contributed by atoms with Gasteiger partial charge >= 0.3 is 5.97 Å². The Morgan fingerprint density at radius 3 is 2.38 bits per heavy atom. The molecule has 316 valence electrons. The average molecular weight is 806 g/mol. The maximum Gasteiger partial charge on any atom is 0.364 e. The van der Waals surface area contributed by atoms with Crippen LogP contribution < -0.4 is 11.1 Å². The van der Waals surface area contributed by atoms with Gasteiger partial charge in [-0.05, 0) is 17.5 Å². The molecule has 3 aliphatic heterocycles. The Hall–Kier alpha value is -3.17. The molecule has 3 fully saturated rings. The van der Waals surface area contributed by atoms with Gasteiger partial charge in [0.25, 0.3) is 5.79 Å². The van der Waals surface area contributed by atoms with Gasteiger partial charge in [-0.1, -0.05) is 35.4 Å². The molecule has 4 rings (SSSR count). The van der Waals surface area contributed by atoms with Crippen LogP contribution in [-0.2, 0) is 49.4 Å². The summed E-state index contributed by atoms with van der Waals surface area (Å²) in [5.41, 5.74) is 15.3. The molecular weight excluding hydrogens is 754 g/mol. The summed E-state index contributed by atoms with van der Waals surface area (Å²) >= 11 is 0. The van der Waals surface area contributed by atoms with Crippen LogP contribution in [0, 0.1) is 0 Å². The van der Waals surface area contributed by atoms with Crippen LogP contribution in [0.15, 0.2) is 35.4 Å². The van der Waals surface area contributed by atoms with Crippen molar-refractivity contribution < 1.29 is 88.7 Å². The van der Waals surface area contributed by atoms with Crippen molar-refractivity contribution >= 4 is 11.9 Å². The van der Waals surface area contributed by atoms with Crippen molar-refractivity contribution in [2.75, 3.05) is 33.0 Å². The molecule has 0 aromatic heterocycles. The minimum atomic E-state index is -2.97. The van der Waals surface area contributed by atoms with E-state index in [1.54, 1.807) is 24.3 Å². The van der Waals surface area contributed by atoms with Crippen LogP contribution in [0.2, 0.25) is 0 Å². The van der Waals surface area contributed by atoms with Crippen LogP contribution in [0.5, 0.6) is 0 Å². The normalized spacial score (nSPS) is 37.2. The lowest BCUT2D eigenvalue weighted by molar-refractivity contribution is -0.382. The number of carboxylic acids is 1. The van der Waals surface area contributed by atoms with E-state index in [1.165, 1.54) is 6.92 Å². The quantitative estimate of drug-likeness (QED) is 0.0273. The first kappa shape index (κ1) is 45.5. The average Bonchev–Trinajstić information content (AvgIpc) is 3.17. The van der Waals surface area contributed by atoms with Crippen molar-refractivity contribution in [3.63, 3.8) is 0 Å². The maximum atomic E-state index is 12.7. The second-order valence-corrected chi connectivity index (χ2v) is 13.6. The summed E-state index contributed by atoms with van der Waals surface area (Å²) in [5.74, 6) is -5.49. The van der Waals surface area contributed by atoms with Crippen LogP contribution in [0.4, 0.5) is 0 Å². The van der Waals surface area contributed by atoms with Crippen LogP contribution >= 0.6 is 0 Å². The van der Waals surface area contributed by atoms with Crippen LogP contribution in [0.1, 0.15) is 25.3 Å². The highest BCUT2D eigenvalue weighted by molar-refractivity contribution is 5.76. The fourth-order valence-electron chi connectivity index (χ4n) is 6.54. The summed E-state index contributed by atoms with van der Waals surface area (Å²) in [4.78, 5) is 27.7. The summed E-state index contributed by atoms with van der Waals surface area (Å²) in [6.45, 7) is -0.932. The number of carboxylic acid groups (broad SMARTS) is 1. The molecule has 23 nitrogen and oxygen atoms in total. The van der Waals surface area contributed by atoms with Crippen LogP contribution in [-0.4, -0.2) is 188 Å². The molecule has 0 spiro atoms. The summed E-state index contributed by atoms with van der Waals surface area (Å²) in [6.07, 6.45) is -23.8. The smallest absolute Gasteiger partial charge is 0.364 e. The van der Waals surface area contributed by atoms with E-state index in [9.17, 15) is 55.5 Å². The highest BCUT2D eigenvalue weighted by Gasteiger charge is 2.59. The number of carbonyl (C=O) groups excluding carboxylic acids is 1. The van der Waals surface area contributed by atoms with Crippen LogP contribution in [0.3, 0.4) is 0 Å². The number of carbonyl (C=O) groups is 2. The van der Waals surface area contributed by atoms with Crippen molar-refractivity contribution in [3.8, 4) is 0 Å². The predicted molar refractivity (Wildman–Crippen MR) is 183 cm³/mol. The van der Waals surface area contributed by atoms with Crippen molar-refractivity contribution in [1.82, 2.24) is 5.32 Å². The van der Waals surface area contributed by atoms with Gasteiger partial charge in [-0.25, -0.2) is 4.79 Å². The number of aliphatic hydroxyl groups excluding tert-OH is 8. The number of rotatable bonds is 19. The Morgan fingerprint density at radius 2 is 1.75 bits per heavy atom. The summed E-state index contributed by atoms with van der Waals surface area (Å²) in [5, 5.41) is 102. The van der Waals surface area contributed by atoms with Gasteiger partial charge in [0.15, 0.2) is 12.6 Å². The highest BCUT2D eigenvalue weighted by Crippen LogP contribution is 2.38. The van der Waals surface area contributed by atoms with Crippen molar-refractivity contribution in [2.24, 2.45) is 10.8 Å². The first-order valence-corrected chi connectivity index (χ1v) is 17.8. The van der Waals surface area contributed by atoms with E-state index in [-0.39, 0.29) is 32.8 Å². The predicted octanol–water partition coefficient (Wildman–Crippen LogP) is -4.31. The summed E-state index contributed by atoms with van der Waals surface area (Å²) in [7, 11) is 0. The second-order valence-electron chi connectivity index (χ2n) is 13.6. The zero-order valence-corrected chi connectivity index (χ0v) is 30.3. The van der Waals surface area contributed by atoms with E-state index >= 15 is 0 Å². The number of nitrogens with one attached hydrogen (secondary N) is 1. The number of azide groups is 1. The Kier molecular flexibility index (Phi) is 17.1. The molecule has 56 heavy (non-hydrogen) atoms. The zero-order valence-electron chi connectivity index (χ0n) is 30.3. The minimum absolute atomic E-state index is 0.0288.